The third kappa shape index (κ3) is 7.38. The van der Waals surface area contributed by atoms with Crippen molar-refractivity contribution in [3.05, 3.63) is 29.8 Å². The van der Waals surface area contributed by atoms with E-state index in [1.807, 2.05) is 46.9 Å². The molecular weight excluding hydrogens is 158 g/mol. The standard InChI is InChI=1S/C8H11N.2C2H6/c1-7-4-3-5-8(6-7)9-2;2*1-2/h3-6,9H,1-2H3;2*1-2H3. The maximum Gasteiger partial charge on any atom is 0.0340 e. The van der Waals surface area contributed by atoms with E-state index in [0.29, 0.717) is 0 Å². The summed E-state index contributed by atoms with van der Waals surface area (Å²) in [4.78, 5) is 0. The summed E-state index contributed by atoms with van der Waals surface area (Å²) in [5.74, 6) is 0. The summed E-state index contributed by atoms with van der Waals surface area (Å²) < 4.78 is 0. The van der Waals surface area contributed by atoms with Crippen molar-refractivity contribution in [1.29, 1.82) is 0 Å². The second kappa shape index (κ2) is 11.0. The van der Waals surface area contributed by atoms with Crippen LogP contribution in [0, 0.1) is 6.92 Å². The van der Waals surface area contributed by atoms with Gasteiger partial charge in [0, 0.05) is 12.7 Å². The van der Waals surface area contributed by atoms with Crippen molar-refractivity contribution in [2.24, 2.45) is 0 Å². The van der Waals surface area contributed by atoms with Crippen LogP contribution in [0.25, 0.3) is 0 Å². The summed E-state index contributed by atoms with van der Waals surface area (Å²) >= 11 is 0. The van der Waals surface area contributed by atoms with Crippen LogP contribution in [-0.4, -0.2) is 7.05 Å². The Hall–Kier alpha value is -0.980. The molecular formula is C12H23N. The van der Waals surface area contributed by atoms with Gasteiger partial charge >= 0.3 is 0 Å². The fraction of sp³-hybridized carbons (Fsp3) is 0.500. The summed E-state index contributed by atoms with van der Waals surface area (Å²) in [6, 6.07) is 8.29. The molecule has 0 radical (unpaired) electrons. The molecule has 0 spiro atoms. The van der Waals surface area contributed by atoms with Gasteiger partial charge in [-0.25, -0.2) is 0 Å². The largest absolute Gasteiger partial charge is 0.388 e. The average molecular weight is 181 g/mol. The predicted molar refractivity (Wildman–Crippen MR) is 63.4 cm³/mol. The smallest absolute Gasteiger partial charge is 0.0340 e. The fourth-order valence-electron chi connectivity index (χ4n) is 0.801. The first-order valence-electron chi connectivity index (χ1n) is 5.07. The SMILES string of the molecule is CC.CC.CNc1cccc(C)c1. The Morgan fingerprint density at radius 2 is 1.54 bits per heavy atom. The quantitative estimate of drug-likeness (QED) is 0.688. The van der Waals surface area contributed by atoms with Crippen molar-refractivity contribution >= 4 is 5.69 Å². The predicted octanol–water partition coefficient (Wildman–Crippen LogP) is 4.09. The van der Waals surface area contributed by atoms with Gasteiger partial charge in [-0.3, -0.25) is 0 Å². The molecule has 0 heterocycles. The number of anilines is 1. The second-order valence-corrected chi connectivity index (χ2v) is 2.12. The monoisotopic (exact) mass is 181 g/mol. The Morgan fingerprint density at radius 1 is 1.00 bits per heavy atom. The third-order valence-electron chi connectivity index (χ3n) is 1.31. The van der Waals surface area contributed by atoms with Crippen molar-refractivity contribution in [2.75, 3.05) is 12.4 Å². The number of rotatable bonds is 1. The molecule has 0 aliphatic heterocycles. The molecule has 0 atom stereocenters. The Kier molecular flexibility index (Phi) is 12.3. The van der Waals surface area contributed by atoms with Crippen LogP contribution in [-0.2, 0) is 0 Å². The zero-order valence-corrected chi connectivity index (χ0v) is 9.81. The van der Waals surface area contributed by atoms with E-state index >= 15 is 0 Å². The Morgan fingerprint density at radius 3 is 1.85 bits per heavy atom. The van der Waals surface area contributed by atoms with Gasteiger partial charge in [-0.15, -0.1) is 0 Å². The molecule has 1 heteroatoms. The van der Waals surface area contributed by atoms with Crippen LogP contribution >= 0.6 is 0 Å². The minimum atomic E-state index is 1.18. The van der Waals surface area contributed by atoms with Gasteiger partial charge in [-0.1, -0.05) is 39.8 Å². The molecule has 1 aromatic carbocycles. The van der Waals surface area contributed by atoms with E-state index in [9.17, 15) is 0 Å². The molecule has 1 nitrogen and oxygen atoms in total. The highest BCUT2D eigenvalue weighted by Crippen LogP contribution is 2.07. The normalized spacial score (nSPS) is 7.23. The highest BCUT2D eigenvalue weighted by molar-refractivity contribution is 5.44. The van der Waals surface area contributed by atoms with Gasteiger partial charge in [-0.05, 0) is 24.6 Å². The van der Waals surface area contributed by atoms with Crippen molar-refractivity contribution in [3.63, 3.8) is 0 Å². The number of aryl methyl sites for hydroxylation is 1. The summed E-state index contributed by atoms with van der Waals surface area (Å²) in [5.41, 5.74) is 2.47. The van der Waals surface area contributed by atoms with Gasteiger partial charge in [0.2, 0.25) is 0 Å². The number of hydrogen-bond acceptors (Lipinski definition) is 1. The lowest BCUT2D eigenvalue weighted by Gasteiger charge is -1.98. The zero-order chi connectivity index (χ0) is 10.7. The minimum absolute atomic E-state index is 1.18. The van der Waals surface area contributed by atoms with Crippen molar-refractivity contribution in [3.8, 4) is 0 Å². The lowest BCUT2D eigenvalue weighted by atomic mass is 10.2. The van der Waals surface area contributed by atoms with E-state index in [-0.39, 0.29) is 0 Å². The molecule has 1 rings (SSSR count). The maximum absolute atomic E-state index is 3.07. The molecule has 1 N–H and O–H groups in total. The van der Waals surface area contributed by atoms with Crippen molar-refractivity contribution in [2.45, 2.75) is 34.6 Å². The number of nitrogens with one attached hydrogen (secondary N) is 1. The maximum atomic E-state index is 3.07. The van der Waals surface area contributed by atoms with Gasteiger partial charge in [-0.2, -0.15) is 0 Å². The van der Waals surface area contributed by atoms with Crippen LogP contribution in [0.15, 0.2) is 24.3 Å². The van der Waals surface area contributed by atoms with Crippen molar-refractivity contribution in [1.82, 2.24) is 0 Å². The molecule has 0 aliphatic carbocycles. The first kappa shape index (κ1) is 14.5. The molecule has 0 amide bonds. The van der Waals surface area contributed by atoms with Crippen LogP contribution in [0.2, 0.25) is 0 Å². The molecule has 1 aromatic rings. The van der Waals surface area contributed by atoms with E-state index in [4.69, 9.17) is 0 Å². The van der Waals surface area contributed by atoms with E-state index in [1.165, 1.54) is 11.3 Å². The Balaban J connectivity index is 0. The number of benzene rings is 1. The molecule has 0 aliphatic rings. The molecule has 13 heavy (non-hydrogen) atoms. The molecule has 0 saturated carbocycles. The summed E-state index contributed by atoms with van der Waals surface area (Å²) in [6.07, 6.45) is 0. The van der Waals surface area contributed by atoms with Gasteiger partial charge in [0.05, 0.1) is 0 Å². The highest BCUT2D eigenvalue weighted by atomic mass is 14.8. The van der Waals surface area contributed by atoms with Gasteiger partial charge < -0.3 is 5.32 Å². The summed E-state index contributed by atoms with van der Waals surface area (Å²) in [5, 5.41) is 3.07. The fourth-order valence-corrected chi connectivity index (χ4v) is 0.801. The van der Waals surface area contributed by atoms with Gasteiger partial charge in [0.25, 0.3) is 0 Å². The van der Waals surface area contributed by atoms with E-state index in [1.54, 1.807) is 0 Å². The van der Waals surface area contributed by atoms with Crippen LogP contribution in [0.1, 0.15) is 33.3 Å². The van der Waals surface area contributed by atoms with Gasteiger partial charge in [0.15, 0.2) is 0 Å². The molecule has 0 fully saturated rings. The first-order chi connectivity index (χ1) is 6.33. The van der Waals surface area contributed by atoms with Gasteiger partial charge in [0.1, 0.15) is 0 Å². The highest BCUT2D eigenvalue weighted by Gasteiger charge is 1.84. The van der Waals surface area contributed by atoms with Crippen LogP contribution < -0.4 is 5.32 Å². The van der Waals surface area contributed by atoms with Crippen molar-refractivity contribution < 1.29 is 0 Å². The topological polar surface area (TPSA) is 12.0 Å². The minimum Gasteiger partial charge on any atom is -0.388 e. The van der Waals surface area contributed by atoms with Crippen LogP contribution in [0.5, 0.6) is 0 Å². The van der Waals surface area contributed by atoms with E-state index < -0.39 is 0 Å². The average Bonchev–Trinajstić information content (AvgIpc) is 2.24. The Bertz CT molecular complexity index is 194. The van der Waals surface area contributed by atoms with Crippen LogP contribution in [0.4, 0.5) is 5.69 Å². The van der Waals surface area contributed by atoms with E-state index in [0.717, 1.165) is 0 Å². The molecule has 0 aromatic heterocycles. The summed E-state index contributed by atoms with van der Waals surface area (Å²) in [6.45, 7) is 10.1. The first-order valence-corrected chi connectivity index (χ1v) is 5.07. The Labute approximate surface area is 83.2 Å². The lowest BCUT2D eigenvalue weighted by Crippen LogP contribution is -1.86. The summed E-state index contributed by atoms with van der Waals surface area (Å²) in [7, 11) is 1.93. The van der Waals surface area contributed by atoms with Crippen LogP contribution in [0.3, 0.4) is 0 Å². The molecule has 0 unspecified atom stereocenters. The molecule has 0 saturated heterocycles. The lowest BCUT2D eigenvalue weighted by molar-refractivity contribution is 1.43. The number of hydrogen-bond donors (Lipinski definition) is 1. The zero-order valence-electron chi connectivity index (χ0n) is 9.81. The second-order valence-electron chi connectivity index (χ2n) is 2.12. The third-order valence-corrected chi connectivity index (χ3v) is 1.31. The molecule has 76 valence electrons. The molecule has 0 bridgehead atoms. The van der Waals surface area contributed by atoms with E-state index in [2.05, 4.69) is 24.4 Å².